The lowest BCUT2D eigenvalue weighted by Crippen LogP contribution is -2.33. The Morgan fingerprint density at radius 2 is 1.69 bits per heavy atom. The van der Waals surface area contributed by atoms with Crippen LogP contribution in [0, 0.1) is 11.6 Å². The number of halogens is 2. The zero-order valence-corrected chi connectivity index (χ0v) is 20.2. The molecule has 2 aromatic heterocycles. The second-order valence-corrected chi connectivity index (χ2v) is 9.79. The predicted octanol–water partition coefficient (Wildman–Crippen LogP) is 5.67. The fraction of sp³-hybridized carbons (Fsp3) is 0.296. The number of rotatable bonds is 8. The number of benzene rings is 2. The van der Waals surface area contributed by atoms with Gasteiger partial charge < -0.3 is 4.57 Å². The van der Waals surface area contributed by atoms with Gasteiger partial charge in [0.15, 0.2) is 5.16 Å². The minimum absolute atomic E-state index is 0.285. The lowest BCUT2D eigenvalue weighted by molar-refractivity contribution is 0.197. The number of hydrogen-bond acceptors (Lipinski definition) is 5. The maximum absolute atomic E-state index is 14.1. The van der Waals surface area contributed by atoms with E-state index in [1.807, 2.05) is 18.3 Å². The smallest absolute Gasteiger partial charge is 0.191 e. The van der Waals surface area contributed by atoms with Crippen LogP contribution in [0.1, 0.15) is 41.3 Å². The standard InChI is InChI=1S/C27H27F2N5S/c28-24-9-8-23(25(29)15-24)18-33-13-10-22(11-14-33)26-31-32-27(35-19-21-7-4-12-30-16-21)34(26)17-20-5-2-1-3-6-20/h1-9,12,15-16,22H,10-11,13-14,17-19H2. The number of pyridine rings is 1. The fourth-order valence-corrected chi connectivity index (χ4v) is 5.37. The van der Waals surface area contributed by atoms with E-state index in [1.165, 1.54) is 11.6 Å². The van der Waals surface area contributed by atoms with Crippen molar-refractivity contribution in [1.29, 1.82) is 0 Å². The van der Waals surface area contributed by atoms with E-state index in [9.17, 15) is 8.78 Å². The molecule has 0 atom stereocenters. The van der Waals surface area contributed by atoms with Gasteiger partial charge in [0.2, 0.25) is 0 Å². The highest BCUT2D eigenvalue weighted by molar-refractivity contribution is 7.98. The Hall–Kier alpha value is -3.10. The number of nitrogens with zero attached hydrogens (tertiary/aromatic N) is 5. The van der Waals surface area contributed by atoms with E-state index in [1.54, 1.807) is 24.0 Å². The largest absolute Gasteiger partial charge is 0.301 e. The summed E-state index contributed by atoms with van der Waals surface area (Å²) in [6, 6.07) is 18.2. The van der Waals surface area contributed by atoms with Gasteiger partial charge in [0, 0.05) is 42.2 Å². The van der Waals surface area contributed by atoms with Crippen LogP contribution in [0.4, 0.5) is 8.78 Å². The van der Waals surface area contributed by atoms with E-state index < -0.39 is 11.6 Å². The molecule has 35 heavy (non-hydrogen) atoms. The van der Waals surface area contributed by atoms with Crippen LogP contribution in [-0.2, 0) is 18.8 Å². The van der Waals surface area contributed by atoms with Gasteiger partial charge in [-0.25, -0.2) is 8.78 Å². The van der Waals surface area contributed by atoms with Crippen LogP contribution >= 0.6 is 11.8 Å². The molecule has 0 saturated carbocycles. The second-order valence-electron chi connectivity index (χ2n) is 8.85. The summed E-state index contributed by atoms with van der Waals surface area (Å²) >= 11 is 1.68. The van der Waals surface area contributed by atoms with Crippen LogP contribution in [0.2, 0.25) is 0 Å². The van der Waals surface area contributed by atoms with Crippen molar-refractivity contribution in [3.05, 3.63) is 107 Å². The van der Waals surface area contributed by atoms with Crippen molar-refractivity contribution in [1.82, 2.24) is 24.6 Å². The van der Waals surface area contributed by atoms with Crippen LogP contribution in [0.25, 0.3) is 0 Å². The molecule has 0 bridgehead atoms. The minimum atomic E-state index is -0.542. The quantitative estimate of drug-likeness (QED) is 0.297. The molecular weight excluding hydrogens is 464 g/mol. The van der Waals surface area contributed by atoms with Crippen LogP contribution in [0.5, 0.6) is 0 Å². The van der Waals surface area contributed by atoms with E-state index in [0.29, 0.717) is 12.1 Å². The number of piperidine rings is 1. The Kier molecular flexibility index (Phi) is 7.49. The predicted molar refractivity (Wildman–Crippen MR) is 133 cm³/mol. The monoisotopic (exact) mass is 491 g/mol. The number of likely N-dealkylation sites (tertiary alicyclic amines) is 1. The molecule has 0 spiro atoms. The van der Waals surface area contributed by atoms with Crippen molar-refractivity contribution >= 4 is 11.8 Å². The van der Waals surface area contributed by atoms with Gasteiger partial charge in [-0.1, -0.05) is 54.2 Å². The average Bonchev–Trinajstić information content (AvgIpc) is 3.28. The van der Waals surface area contributed by atoms with Gasteiger partial charge in [0.25, 0.3) is 0 Å². The number of aromatic nitrogens is 4. The molecule has 1 aliphatic heterocycles. The van der Waals surface area contributed by atoms with E-state index in [-0.39, 0.29) is 5.92 Å². The first-order valence-corrected chi connectivity index (χ1v) is 12.8. The van der Waals surface area contributed by atoms with E-state index in [0.717, 1.165) is 60.8 Å². The van der Waals surface area contributed by atoms with Crippen molar-refractivity contribution in [2.24, 2.45) is 0 Å². The Balaban J connectivity index is 1.30. The highest BCUT2D eigenvalue weighted by atomic mass is 32.2. The highest BCUT2D eigenvalue weighted by Crippen LogP contribution is 2.31. The molecule has 5 rings (SSSR count). The first kappa shape index (κ1) is 23.6. The first-order chi connectivity index (χ1) is 17.2. The fourth-order valence-electron chi connectivity index (χ4n) is 4.49. The van der Waals surface area contributed by atoms with Gasteiger partial charge in [-0.3, -0.25) is 9.88 Å². The van der Waals surface area contributed by atoms with Crippen LogP contribution < -0.4 is 0 Å². The summed E-state index contributed by atoms with van der Waals surface area (Å²) in [6.45, 7) is 2.87. The summed E-state index contributed by atoms with van der Waals surface area (Å²) in [4.78, 5) is 6.43. The highest BCUT2D eigenvalue weighted by Gasteiger charge is 2.27. The summed E-state index contributed by atoms with van der Waals surface area (Å²) < 4.78 is 29.6. The van der Waals surface area contributed by atoms with Gasteiger partial charge >= 0.3 is 0 Å². The Morgan fingerprint density at radius 1 is 0.886 bits per heavy atom. The van der Waals surface area contributed by atoms with Crippen molar-refractivity contribution in [3.8, 4) is 0 Å². The van der Waals surface area contributed by atoms with Gasteiger partial charge in [-0.05, 0) is 49.2 Å². The second kappa shape index (κ2) is 11.1. The summed E-state index contributed by atoms with van der Waals surface area (Å²) in [6.07, 6.45) is 5.50. The summed E-state index contributed by atoms with van der Waals surface area (Å²) in [7, 11) is 0. The molecular formula is C27H27F2N5S. The molecule has 8 heteroatoms. The molecule has 0 aliphatic carbocycles. The van der Waals surface area contributed by atoms with E-state index in [4.69, 9.17) is 0 Å². The lowest BCUT2D eigenvalue weighted by Gasteiger charge is -2.31. The van der Waals surface area contributed by atoms with Crippen molar-refractivity contribution in [3.63, 3.8) is 0 Å². The molecule has 0 N–H and O–H groups in total. The molecule has 1 saturated heterocycles. The van der Waals surface area contributed by atoms with Crippen molar-refractivity contribution in [2.45, 2.75) is 42.8 Å². The average molecular weight is 492 g/mol. The van der Waals surface area contributed by atoms with Crippen LogP contribution in [-0.4, -0.2) is 37.7 Å². The van der Waals surface area contributed by atoms with Gasteiger partial charge in [0.1, 0.15) is 17.5 Å². The van der Waals surface area contributed by atoms with Gasteiger partial charge in [-0.2, -0.15) is 0 Å². The maximum Gasteiger partial charge on any atom is 0.191 e. The van der Waals surface area contributed by atoms with E-state index >= 15 is 0 Å². The summed E-state index contributed by atoms with van der Waals surface area (Å²) in [5.74, 6) is 1.05. The Labute approximate surface area is 208 Å². The van der Waals surface area contributed by atoms with Crippen LogP contribution in [0.15, 0.2) is 78.2 Å². The summed E-state index contributed by atoms with van der Waals surface area (Å²) in [5.41, 5.74) is 2.89. The molecule has 3 heterocycles. The molecule has 0 unspecified atom stereocenters. The minimum Gasteiger partial charge on any atom is -0.301 e. The molecule has 0 radical (unpaired) electrons. The molecule has 1 fully saturated rings. The molecule has 1 aliphatic rings. The zero-order chi connectivity index (χ0) is 24.0. The molecule has 0 amide bonds. The lowest BCUT2D eigenvalue weighted by atomic mass is 9.95. The molecule has 2 aromatic carbocycles. The maximum atomic E-state index is 14.1. The first-order valence-electron chi connectivity index (χ1n) is 11.8. The van der Waals surface area contributed by atoms with Gasteiger partial charge in [0.05, 0.1) is 6.54 Å². The molecule has 180 valence electrons. The van der Waals surface area contributed by atoms with E-state index in [2.05, 4.69) is 55.0 Å². The topological polar surface area (TPSA) is 46.8 Å². The SMILES string of the molecule is Fc1ccc(CN2CCC(c3nnc(SCc4cccnc4)n3Cc3ccccc3)CC2)c(F)c1. The third kappa shape index (κ3) is 5.94. The Bertz CT molecular complexity index is 1240. The summed E-state index contributed by atoms with van der Waals surface area (Å²) in [5, 5.41) is 10.1. The molecule has 5 nitrogen and oxygen atoms in total. The zero-order valence-electron chi connectivity index (χ0n) is 19.4. The number of thioether (sulfide) groups is 1. The van der Waals surface area contributed by atoms with Gasteiger partial charge in [-0.15, -0.1) is 10.2 Å². The third-order valence-electron chi connectivity index (χ3n) is 6.38. The van der Waals surface area contributed by atoms with Crippen molar-refractivity contribution < 1.29 is 8.78 Å². The van der Waals surface area contributed by atoms with Crippen molar-refractivity contribution in [2.75, 3.05) is 13.1 Å². The molecule has 4 aromatic rings. The third-order valence-corrected chi connectivity index (χ3v) is 7.42. The Morgan fingerprint density at radius 3 is 2.43 bits per heavy atom. The van der Waals surface area contributed by atoms with Crippen LogP contribution in [0.3, 0.4) is 0 Å². The normalized spacial score (nSPS) is 14.9. The number of hydrogen-bond donors (Lipinski definition) is 0.